The summed E-state index contributed by atoms with van der Waals surface area (Å²) >= 11 is 0. The van der Waals surface area contributed by atoms with Gasteiger partial charge in [0, 0.05) is 0 Å². The van der Waals surface area contributed by atoms with E-state index >= 15 is 0 Å². The van der Waals surface area contributed by atoms with Gasteiger partial charge >= 0.3 is 6.09 Å². The summed E-state index contributed by atoms with van der Waals surface area (Å²) in [7, 11) is 0. The molecule has 0 atom stereocenters. The summed E-state index contributed by atoms with van der Waals surface area (Å²) in [5, 5.41) is 7.66. The summed E-state index contributed by atoms with van der Waals surface area (Å²) in [5.74, 6) is 0. The first-order valence-corrected chi connectivity index (χ1v) is 5.32. The smallest absolute Gasteiger partial charge is 0.428 e. The topological polar surface area (TPSA) is 69.0 Å². The maximum absolute atomic E-state index is 11.4. The molecule has 1 N–H and O–H groups in total. The number of rotatable bonds is 3. The van der Waals surface area contributed by atoms with E-state index in [0.717, 1.165) is 18.5 Å². The minimum atomic E-state index is -0.541. The van der Waals surface area contributed by atoms with E-state index in [2.05, 4.69) is 22.7 Å². The number of nitrogens with zero attached hydrogens (tertiary/aromatic N) is 3. The van der Waals surface area contributed by atoms with E-state index in [-0.39, 0.29) is 0 Å². The van der Waals surface area contributed by atoms with Gasteiger partial charge < -0.3 is 4.74 Å². The average molecular weight is 226 g/mol. The zero-order valence-electron chi connectivity index (χ0n) is 10.1. The zero-order chi connectivity index (χ0) is 12.2. The van der Waals surface area contributed by atoms with Crippen molar-refractivity contribution in [3.63, 3.8) is 0 Å². The molecule has 1 aromatic heterocycles. The second-order valence-corrected chi connectivity index (χ2v) is 4.52. The first-order valence-electron chi connectivity index (χ1n) is 5.32. The Morgan fingerprint density at radius 2 is 2.25 bits per heavy atom. The molecule has 1 rings (SSSR count). The van der Waals surface area contributed by atoms with Crippen LogP contribution in [0.3, 0.4) is 0 Å². The summed E-state index contributed by atoms with van der Waals surface area (Å²) < 4.78 is 5.07. The van der Waals surface area contributed by atoms with E-state index in [1.54, 1.807) is 27.0 Å². The third-order valence-corrected chi connectivity index (χ3v) is 1.65. The van der Waals surface area contributed by atoms with Crippen molar-refractivity contribution < 1.29 is 9.53 Å². The highest BCUT2D eigenvalue weighted by atomic mass is 16.6. The Hall–Kier alpha value is -1.59. The lowest BCUT2D eigenvalue weighted by Crippen LogP contribution is -2.31. The SMILES string of the molecule is CCCc1cn(NC(=O)OC(C)(C)C)nn1. The number of nitrogens with one attached hydrogen (secondary N) is 1. The van der Waals surface area contributed by atoms with Gasteiger partial charge in [0.1, 0.15) is 5.60 Å². The number of ether oxygens (including phenoxy) is 1. The highest BCUT2D eigenvalue weighted by Gasteiger charge is 2.16. The van der Waals surface area contributed by atoms with Crippen LogP contribution in [0, 0.1) is 0 Å². The Morgan fingerprint density at radius 1 is 1.56 bits per heavy atom. The molecule has 0 aromatic carbocycles. The molecule has 0 saturated carbocycles. The van der Waals surface area contributed by atoms with Gasteiger partial charge in [0.05, 0.1) is 11.9 Å². The summed E-state index contributed by atoms with van der Waals surface area (Å²) in [4.78, 5) is 12.6. The van der Waals surface area contributed by atoms with E-state index < -0.39 is 11.7 Å². The van der Waals surface area contributed by atoms with Crippen LogP contribution in [0.2, 0.25) is 0 Å². The Labute approximate surface area is 94.9 Å². The standard InChI is InChI=1S/C10H18N4O2/c1-5-6-8-7-14(13-11-8)12-9(15)16-10(2,3)4/h7H,5-6H2,1-4H3,(H,12,15). The summed E-state index contributed by atoms with van der Waals surface area (Å²) in [5.41, 5.74) is 2.79. The van der Waals surface area contributed by atoms with Crippen LogP contribution >= 0.6 is 0 Å². The maximum Gasteiger partial charge on any atom is 0.428 e. The first kappa shape index (κ1) is 12.5. The van der Waals surface area contributed by atoms with Gasteiger partial charge in [-0.1, -0.05) is 13.3 Å². The van der Waals surface area contributed by atoms with Crippen molar-refractivity contribution in [3.8, 4) is 0 Å². The summed E-state index contributed by atoms with van der Waals surface area (Å²) in [6.07, 6.45) is 2.97. The van der Waals surface area contributed by atoms with Gasteiger partial charge in [-0.05, 0) is 32.4 Å². The normalized spacial score (nSPS) is 11.2. The van der Waals surface area contributed by atoms with Gasteiger partial charge in [0.2, 0.25) is 0 Å². The zero-order valence-corrected chi connectivity index (χ0v) is 10.1. The lowest BCUT2D eigenvalue weighted by atomic mass is 10.2. The van der Waals surface area contributed by atoms with E-state index in [4.69, 9.17) is 4.74 Å². The molecule has 90 valence electrons. The molecule has 0 saturated heterocycles. The largest absolute Gasteiger partial charge is 0.443 e. The molecule has 0 unspecified atom stereocenters. The number of hydrogen-bond donors (Lipinski definition) is 1. The predicted octanol–water partition coefficient (Wildman–Crippen LogP) is 1.71. The number of carbonyl (C=O) groups is 1. The molecular weight excluding hydrogens is 208 g/mol. The lowest BCUT2D eigenvalue weighted by Gasteiger charge is -2.19. The fourth-order valence-corrected chi connectivity index (χ4v) is 1.12. The number of hydrogen-bond acceptors (Lipinski definition) is 4. The van der Waals surface area contributed by atoms with Crippen LogP contribution in [0.4, 0.5) is 4.79 Å². The minimum Gasteiger partial charge on any atom is -0.443 e. The molecule has 1 aromatic rings. The van der Waals surface area contributed by atoms with Gasteiger partial charge in [-0.2, -0.15) is 4.79 Å². The van der Waals surface area contributed by atoms with Gasteiger partial charge in [-0.25, -0.2) is 10.2 Å². The quantitative estimate of drug-likeness (QED) is 0.851. The molecule has 0 aliphatic rings. The second kappa shape index (κ2) is 4.96. The highest BCUT2D eigenvalue weighted by Crippen LogP contribution is 2.06. The lowest BCUT2D eigenvalue weighted by molar-refractivity contribution is 0.0609. The fourth-order valence-electron chi connectivity index (χ4n) is 1.12. The molecule has 0 bridgehead atoms. The molecule has 16 heavy (non-hydrogen) atoms. The molecule has 6 nitrogen and oxygen atoms in total. The molecule has 0 aliphatic carbocycles. The fraction of sp³-hybridized carbons (Fsp3) is 0.700. The molecule has 0 aliphatic heterocycles. The minimum absolute atomic E-state index is 0.517. The van der Waals surface area contributed by atoms with Crippen LogP contribution in [0.1, 0.15) is 39.8 Å². The number of aryl methyl sites for hydroxylation is 1. The molecule has 1 heterocycles. The third-order valence-electron chi connectivity index (χ3n) is 1.65. The van der Waals surface area contributed by atoms with Gasteiger partial charge in [0.15, 0.2) is 0 Å². The van der Waals surface area contributed by atoms with Crippen LogP contribution < -0.4 is 5.43 Å². The molecule has 1 amide bonds. The molecule has 0 spiro atoms. The van der Waals surface area contributed by atoms with Crippen molar-refractivity contribution in [1.29, 1.82) is 0 Å². The van der Waals surface area contributed by atoms with E-state index in [1.165, 1.54) is 4.79 Å². The maximum atomic E-state index is 11.4. The monoisotopic (exact) mass is 226 g/mol. The van der Waals surface area contributed by atoms with Crippen molar-refractivity contribution in [2.75, 3.05) is 5.43 Å². The van der Waals surface area contributed by atoms with E-state index in [1.807, 2.05) is 0 Å². The summed E-state index contributed by atoms with van der Waals surface area (Å²) in [6, 6.07) is 0. The molecule has 0 radical (unpaired) electrons. The van der Waals surface area contributed by atoms with Crippen LogP contribution in [0.15, 0.2) is 6.20 Å². The third kappa shape index (κ3) is 4.29. The van der Waals surface area contributed by atoms with Gasteiger partial charge in [-0.15, -0.1) is 5.10 Å². The van der Waals surface area contributed by atoms with E-state index in [0.29, 0.717) is 0 Å². The van der Waals surface area contributed by atoms with Crippen molar-refractivity contribution in [3.05, 3.63) is 11.9 Å². The van der Waals surface area contributed by atoms with Crippen LogP contribution in [0.25, 0.3) is 0 Å². The van der Waals surface area contributed by atoms with Crippen molar-refractivity contribution in [2.45, 2.75) is 46.1 Å². The van der Waals surface area contributed by atoms with Crippen LogP contribution in [0.5, 0.6) is 0 Å². The number of carbonyl (C=O) groups excluding carboxylic acids is 1. The first-order chi connectivity index (χ1) is 7.40. The van der Waals surface area contributed by atoms with Crippen molar-refractivity contribution in [1.82, 2.24) is 15.1 Å². The molecular formula is C10H18N4O2. The summed E-state index contributed by atoms with van der Waals surface area (Å²) in [6.45, 7) is 7.46. The van der Waals surface area contributed by atoms with Gasteiger partial charge in [0.25, 0.3) is 0 Å². The highest BCUT2D eigenvalue weighted by molar-refractivity contribution is 5.75. The Morgan fingerprint density at radius 3 is 2.81 bits per heavy atom. The molecule has 0 fully saturated rings. The number of amides is 1. The van der Waals surface area contributed by atoms with Crippen LogP contribution in [-0.4, -0.2) is 26.8 Å². The van der Waals surface area contributed by atoms with Crippen molar-refractivity contribution >= 4 is 6.09 Å². The van der Waals surface area contributed by atoms with Crippen molar-refractivity contribution in [2.24, 2.45) is 0 Å². The van der Waals surface area contributed by atoms with E-state index in [9.17, 15) is 4.79 Å². The Bertz CT molecular complexity index is 354. The van der Waals surface area contributed by atoms with Crippen LogP contribution in [-0.2, 0) is 11.2 Å². The predicted molar refractivity (Wildman–Crippen MR) is 59.6 cm³/mol. The molecule has 6 heteroatoms. The average Bonchev–Trinajstić information content (AvgIpc) is 2.49. The van der Waals surface area contributed by atoms with Gasteiger partial charge in [-0.3, -0.25) is 0 Å². The Kier molecular flexibility index (Phi) is 3.87. The Balaban J connectivity index is 2.50. The second-order valence-electron chi connectivity index (χ2n) is 4.52. The number of aromatic nitrogens is 3.